The molecule has 1 aliphatic heterocycles. The number of hydrogen-bond acceptors (Lipinski definition) is 2. The van der Waals surface area contributed by atoms with Gasteiger partial charge in [-0.05, 0) is 37.3 Å². The van der Waals surface area contributed by atoms with Crippen molar-refractivity contribution >= 4 is 5.91 Å². The molecule has 0 saturated carbocycles. The third kappa shape index (κ3) is 3.95. The molecule has 0 atom stereocenters. The van der Waals surface area contributed by atoms with Crippen molar-refractivity contribution in [3.05, 3.63) is 30.1 Å². The van der Waals surface area contributed by atoms with Crippen LogP contribution in [0.2, 0.25) is 0 Å². The Kier molecular flexibility index (Phi) is 5.39. The molecule has 0 aromatic heterocycles. The Bertz CT molecular complexity index is 442. The number of amides is 1. The maximum Gasteiger partial charge on any atom is 0.222 e. The van der Waals surface area contributed by atoms with Gasteiger partial charge in [0.05, 0.1) is 6.61 Å². The summed E-state index contributed by atoms with van der Waals surface area (Å²) >= 11 is 0. The van der Waals surface area contributed by atoms with Crippen LogP contribution in [0, 0.1) is 11.7 Å². The van der Waals surface area contributed by atoms with Crippen molar-refractivity contribution in [2.75, 3.05) is 19.7 Å². The number of nitrogens with zero attached hydrogens (tertiary/aromatic N) is 1. The summed E-state index contributed by atoms with van der Waals surface area (Å²) in [5.74, 6) is 0.829. The number of hydrogen-bond donors (Lipinski definition) is 0. The second-order valence-electron chi connectivity index (χ2n) is 5.25. The number of halogens is 1. The van der Waals surface area contributed by atoms with Gasteiger partial charge in [0.2, 0.25) is 5.91 Å². The molecule has 0 N–H and O–H groups in total. The van der Waals surface area contributed by atoms with E-state index in [0.29, 0.717) is 24.7 Å². The molecule has 1 aromatic carbocycles. The van der Waals surface area contributed by atoms with Gasteiger partial charge in [0.25, 0.3) is 0 Å². The molecule has 1 saturated heterocycles. The van der Waals surface area contributed by atoms with Crippen molar-refractivity contribution < 1.29 is 13.9 Å². The molecule has 20 heavy (non-hydrogen) atoms. The fourth-order valence-electron chi connectivity index (χ4n) is 2.59. The molecule has 1 aliphatic rings. The highest BCUT2D eigenvalue weighted by molar-refractivity contribution is 5.75. The third-order valence-electron chi connectivity index (χ3n) is 3.89. The molecule has 0 radical (unpaired) electrons. The van der Waals surface area contributed by atoms with Crippen LogP contribution in [0.3, 0.4) is 0 Å². The predicted molar refractivity (Wildman–Crippen MR) is 76.1 cm³/mol. The van der Waals surface area contributed by atoms with Crippen LogP contribution in [-0.4, -0.2) is 30.5 Å². The van der Waals surface area contributed by atoms with Crippen molar-refractivity contribution in [2.24, 2.45) is 5.92 Å². The van der Waals surface area contributed by atoms with Crippen molar-refractivity contribution in [1.82, 2.24) is 4.90 Å². The smallest absolute Gasteiger partial charge is 0.222 e. The first-order chi connectivity index (χ1) is 9.70. The second kappa shape index (κ2) is 7.27. The van der Waals surface area contributed by atoms with Gasteiger partial charge in [-0.15, -0.1) is 0 Å². The van der Waals surface area contributed by atoms with E-state index in [1.54, 1.807) is 18.2 Å². The lowest BCUT2D eigenvalue weighted by atomic mass is 9.94. The lowest BCUT2D eigenvalue weighted by molar-refractivity contribution is -0.132. The molecule has 1 amide bonds. The van der Waals surface area contributed by atoms with Gasteiger partial charge >= 0.3 is 0 Å². The maximum absolute atomic E-state index is 13.4. The van der Waals surface area contributed by atoms with Crippen LogP contribution < -0.4 is 4.74 Å². The quantitative estimate of drug-likeness (QED) is 0.828. The summed E-state index contributed by atoms with van der Waals surface area (Å²) in [5, 5.41) is 0. The molecule has 0 bridgehead atoms. The van der Waals surface area contributed by atoms with Crippen molar-refractivity contribution in [1.29, 1.82) is 0 Å². The standard InChI is InChI=1S/C16H22FNO2/c1-2-16(19)18-10-7-13(8-11-18)9-12-20-15-6-4-3-5-14(15)17/h3-6,13H,2,7-12H2,1H3. The molecule has 0 spiro atoms. The minimum Gasteiger partial charge on any atom is -0.491 e. The predicted octanol–water partition coefficient (Wildman–Crippen LogP) is 3.24. The van der Waals surface area contributed by atoms with E-state index < -0.39 is 0 Å². The molecule has 0 aliphatic carbocycles. The fraction of sp³-hybridized carbons (Fsp3) is 0.562. The number of carbonyl (C=O) groups is 1. The SMILES string of the molecule is CCC(=O)N1CCC(CCOc2ccccc2F)CC1. The van der Waals surface area contributed by atoms with E-state index in [9.17, 15) is 9.18 Å². The van der Waals surface area contributed by atoms with Gasteiger partial charge in [0.1, 0.15) is 0 Å². The molecule has 1 heterocycles. The van der Waals surface area contributed by atoms with Crippen molar-refractivity contribution in [2.45, 2.75) is 32.6 Å². The number of benzene rings is 1. The molecule has 2 rings (SSSR count). The van der Waals surface area contributed by atoms with E-state index in [4.69, 9.17) is 4.74 Å². The minimum atomic E-state index is -0.309. The summed E-state index contributed by atoms with van der Waals surface area (Å²) in [4.78, 5) is 13.5. The van der Waals surface area contributed by atoms with Gasteiger partial charge in [-0.2, -0.15) is 0 Å². The third-order valence-corrected chi connectivity index (χ3v) is 3.89. The highest BCUT2D eigenvalue weighted by Gasteiger charge is 2.21. The topological polar surface area (TPSA) is 29.5 Å². The number of para-hydroxylation sites is 1. The highest BCUT2D eigenvalue weighted by atomic mass is 19.1. The van der Waals surface area contributed by atoms with Gasteiger partial charge in [-0.3, -0.25) is 4.79 Å². The van der Waals surface area contributed by atoms with E-state index in [2.05, 4.69) is 0 Å². The summed E-state index contributed by atoms with van der Waals surface area (Å²) in [7, 11) is 0. The number of piperidine rings is 1. The molecular formula is C16H22FNO2. The molecule has 0 unspecified atom stereocenters. The van der Waals surface area contributed by atoms with Gasteiger partial charge in [-0.1, -0.05) is 19.1 Å². The Morgan fingerprint density at radius 2 is 2.05 bits per heavy atom. The molecular weight excluding hydrogens is 257 g/mol. The Labute approximate surface area is 119 Å². The summed E-state index contributed by atoms with van der Waals surface area (Å²) < 4.78 is 18.8. The first-order valence-corrected chi connectivity index (χ1v) is 7.35. The van der Waals surface area contributed by atoms with Gasteiger partial charge < -0.3 is 9.64 Å². The first-order valence-electron chi connectivity index (χ1n) is 7.35. The monoisotopic (exact) mass is 279 g/mol. The largest absolute Gasteiger partial charge is 0.491 e. The lowest BCUT2D eigenvalue weighted by Crippen LogP contribution is -2.38. The Balaban J connectivity index is 1.69. The summed E-state index contributed by atoms with van der Waals surface area (Å²) in [6.07, 6.45) is 3.54. The van der Waals surface area contributed by atoms with Gasteiger partial charge in [-0.25, -0.2) is 4.39 Å². The first kappa shape index (κ1) is 14.8. The van der Waals surface area contributed by atoms with Crippen LogP contribution in [0.15, 0.2) is 24.3 Å². The van der Waals surface area contributed by atoms with Crippen LogP contribution in [0.25, 0.3) is 0 Å². The molecule has 1 fully saturated rings. The lowest BCUT2D eigenvalue weighted by Gasteiger charge is -2.31. The van der Waals surface area contributed by atoms with Crippen molar-refractivity contribution in [3.63, 3.8) is 0 Å². The van der Waals surface area contributed by atoms with E-state index in [-0.39, 0.29) is 11.7 Å². The fourth-order valence-corrected chi connectivity index (χ4v) is 2.59. The van der Waals surface area contributed by atoms with E-state index in [0.717, 1.165) is 32.4 Å². The van der Waals surface area contributed by atoms with Crippen LogP contribution in [-0.2, 0) is 4.79 Å². The zero-order valence-electron chi connectivity index (χ0n) is 12.0. The molecule has 1 aromatic rings. The average molecular weight is 279 g/mol. The molecule has 3 nitrogen and oxygen atoms in total. The van der Waals surface area contributed by atoms with Gasteiger partial charge in [0, 0.05) is 19.5 Å². The number of rotatable bonds is 5. The van der Waals surface area contributed by atoms with Crippen molar-refractivity contribution in [3.8, 4) is 5.75 Å². The second-order valence-corrected chi connectivity index (χ2v) is 5.25. The minimum absolute atomic E-state index is 0.242. The van der Waals surface area contributed by atoms with Crippen LogP contribution in [0.4, 0.5) is 4.39 Å². The number of likely N-dealkylation sites (tertiary alicyclic amines) is 1. The normalized spacial score (nSPS) is 16.2. The zero-order chi connectivity index (χ0) is 14.4. The van der Waals surface area contributed by atoms with E-state index in [1.165, 1.54) is 6.07 Å². The number of carbonyl (C=O) groups excluding carboxylic acids is 1. The molecule has 4 heteroatoms. The Hall–Kier alpha value is -1.58. The van der Waals surface area contributed by atoms with Crippen LogP contribution >= 0.6 is 0 Å². The average Bonchev–Trinajstić information content (AvgIpc) is 2.49. The van der Waals surface area contributed by atoms with E-state index in [1.807, 2.05) is 11.8 Å². The summed E-state index contributed by atoms with van der Waals surface area (Å²) in [5.41, 5.74) is 0. The van der Waals surface area contributed by atoms with Crippen LogP contribution in [0.1, 0.15) is 32.6 Å². The van der Waals surface area contributed by atoms with Crippen LogP contribution in [0.5, 0.6) is 5.75 Å². The summed E-state index contributed by atoms with van der Waals surface area (Å²) in [6.45, 7) is 4.12. The Morgan fingerprint density at radius 1 is 1.35 bits per heavy atom. The summed E-state index contributed by atoms with van der Waals surface area (Å²) in [6, 6.07) is 6.48. The Morgan fingerprint density at radius 3 is 2.70 bits per heavy atom. The number of ether oxygens (including phenoxy) is 1. The zero-order valence-corrected chi connectivity index (χ0v) is 12.0. The maximum atomic E-state index is 13.4. The highest BCUT2D eigenvalue weighted by Crippen LogP contribution is 2.22. The molecule has 110 valence electrons. The van der Waals surface area contributed by atoms with Gasteiger partial charge in [0.15, 0.2) is 11.6 Å². The van der Waals surface area contributed by atoms with E-state index >= 15 is 0 Å².